The van der Waals surface area contributed by atoms with Gasteiger partial charge in [0.05, 0.1) is 14.2 Å². The fourth-order valence-electron chi connectivity index (χ4n) is 2.97. The third-order valence-electron chi connectivity index (χ3n) is 4.08. The lowest BCUT2D eigenvalue weighted by molar-refractivity contribution is 0.329. The number of fused-ring (bicyclic) bond motifs is 1. The molecule has 0 bridgehead atoms. The van der Waals surface area contributed by atoms with E-state index in [1.165, 1.54) is 17.5 Å². The van der Waals surface area contributed by atoms with Crippen LogP contribution in [0.3, 0.4) is 0 Å². The Morgan fingerprint density at radius 3 is 2.21 bits per heavy atom. The minimum Gasteiger partial charge on any atom is -0.496 e. The zero-order valence-corrected chi connectivity index (χ0v) is 12.5. The minimum atomic E-state index is 0.536. The van der Waals surface area contributed by atoms with Gasteiger partial charge in [-0.05, 0) is 43.9 Å². The summed E-state index contributed by atoms with van der Waals surface area (Å²) in [5.74, 6) is 2.61. The summed E-state index contributed by atoms with van der Waals surface area (Å²) in [5.41, 5.74) is 2.64. The molecule has 3 nitrogen and oxygen atoms in total. The zero-order valence-electron chi connectivity index (χ0n) is 12.5. The summed E-state index contributed by atoms with van der Waals surface area (Å²) in [6.07, 6.45) is 3.25. The van der Waals surface area contributed by atoms with Crippen LogP contribution in [0.25, 0.3) is 0 Å². The molecule has 0 saturated heterocycles. The molecular weight excluding hydrogens is 238 g/mol. The third-order valence-corrected chi connectivity index (χ3v) is 4.08. The molecule has 2 atom stereocenters. The Bertz CT molecular complexity index is 431. The van der Waals surface area contributed by atoms with Crippen molar-refractivity contribution in [3.05, 3.63) is 23.3 Å². The maximum absolute atomic E-state index is 5.52. The highest BCUT2D eigenvalue weighted by Crippen LogP contribution is 2.37. The number of hydrogen-bond acceptors (Lipinski definition) is 3. The van der Waals surface area contributed by atoms with E-state index < -0.39 is 0 Å². The molecule has 19 heavy (non-hydrogen) atoms. The number of nitrogens with one attached hydrogen (secondary N) is 1. The normalized spacial score (nSPS) is 21.9. The van der Waals surface area contributed by atoms with Crippen molar-refractivity contribution in [2.75, 3.05) is 20.8 Å². The van der Waals surface area contributed by atoms with Crippen molar-refractivity contribution in [3.8, 4) is 11.5 Å². The lowest BCUT2D eigenvalue weighted by Gasteiger charge is -2.33. The highest BCUT2D eigenvalue weighted by atomic mass is 16.5. The summed E-state index contributed by atoms with van der Waals surface area (Å²) in [5, 5.41) is 3.65. The largest absolute Gasteiger partial charge is 0.496 e. The van der Waals surface area contributed by atoms with Gasteiger partial charge in [-0.15, -0.1) is 0 Å². The van der Waals surface area contributed by atoms with Gasteiger partial charge in [-0.3, -0.25) is 0 Å². The molecule has 0 fully saturated rings. The Morgan fingerprint density at radius 1 is 1.11 bits per heavy atom. The first-order valence-corrected chi connectivity index (χ1v) is 7.17. The molecule has 1 N–H and O–H groups in total. The smallest absolute Gasteiger partial charge is 0.122 e. The minimum absolute atomic E-state index is 0.536. The van der Waals surface area contributed by atoms with E-state index in [0.717, 1.165) is 30.9 Å². The predicted molar refractivity (Wildman–Crippen MR) is 78.2 cm³/mol. The lowest BCUT2D eigenvalue weighted by Crippen LogP contribution is -2.41. The first kappa shape index (κ1) is 14.2. The Hall–Kier alpha value is -1.22. The molecule has 2 rings (SSSR count). The fourth-order valence-corrected chi connectivity index (χ4v) is 2.97. The van der Waals surface area contributed by atoms with E-state index in [9.17, 15) is 0 Å². The molecule has 0 radical (unpaired) electrons. The van der Waals surface area contributed by atoms with Crippen LogP contribution in [0.5, 0.6) is 11.5 Å². The van der Waals surface area contributed by atoms with E-state index in [1.54, 1.807) is 14.2 Å². The standard InChI is InChI=1S/C16H25NO2/c1-5-8-17-14-10-13-12(9-11(14)2)15(18-3)6-7-16(13)19-4/h6-7,11,14,17H,5,8-10H2,1-4H3. The molecule has 1 aliphatic carbocycles. The van der Waals surface area contributed by atoms with Crippen LogP contribution in [-0.2, 0) is 12.8 Å². The molecule has 106 valence electrons. The third kappa shape index (κ3) is 2.86. The van der Waals surface area contributed by atoms with Gasteiger partial charge in [0.2, 0.25) is 0 Å². The number of hydrogen-bond donors (Lipinski definition) is 1. The van der Waals surface area contributed by atoms with Crippen LogP contribution in [0.1, 0.15) is 31.4 Å². The lowest BCUT2D eigenvalue weighted by atomic mass is 9.80. The van der Waals surface area contributed by atoms with E-state index in [-0.39, 0.29) is 0 Å². The number of rotatable bonds is 5. The monoisotopic (exact) mass is 263 g/mol. The van der Waals surface area contributed by atoms with E-state index in [4.69, 9.17) is 9.47 Å². The van der Waals surface area contributed by atoms with Gasteiger partial charge < -0.3 is 14.8 Å². The van der Waals surface area contributed by atoms with Gasteiger partial charge >= 0.3 is 0 Å². The summed E-state index contributed by atoms with van der Waals surface area (Å²) in [6.45, 7) is 5.60. The summed E-state index contributed by atoms with van der Waals surface area (Å²) in [6, 6.07) is 4.57. The van der Waals surface area contributed by atoms with Crippen molar-refractivity contribution >= 4 is 0 Å². The molecule has 0 saturated carbocycles. The Kier molecular flexibility index (Phi) is 4.70. The summed E-state index contributed by atoms with van der Waals surface area (Å²) < 4.78 is 11.0. The van der Waals surface area contributed by atoms with Crippen LogP contribution < -0.4 is 14.8 Å². The molecule has 0 aromatic heterocycles. The van der Waals surface area contributed by atoms with Gasteiger partial charge in [-0.25, -0.2) is 0 Å². The first-order valence-electron chi connectivity index (χ1n) is 7.17. The van der Waals surface area contributed by atoms with Crippen molar-refractivity contribution in [2.45, 2.75) is 39.2 Å². The Labute approximate surface area is 116 Å². The van der Waals surface area contributed by atoms with Crippen molar-refractivity contribution in [1.82, 2.24) is 5.32 Å². The Balaban J connectivity index is 2.31. The molecule has 0 heterocycles. The highest BCUT2D eigenvalue weighted by Gasteiger charge is 2.29. The molecule has 1 aromatic carbocycles. The van der Waals surface area contributed by atoms with Gasteiger partial charge in [0.25, 0.3) is 0 Å². The maximum Gasteiger partial charge on any atom is 0.122 e. The predicted octanol–water partition coefficient (Wildman–Crippen LogP) is 2.81. The van der Waals surface area contributed by atoms with E-state index in [1.807, 2.05) is 12.1 Å². The Morgan fingerprint density at radius 2 is 1.68 bits per heavy atom. The topological polar surface area (TPSA) is 30.5 Å². The summed E-state index contributed by atoms with van der Waals surface area (Å²) >= 11 is 0. The second-order valence-electron chi connectivity index (χ2n) is 5.37. The summed E-state index contributed by atoms with van der Waals surface area (Å²) in [7, 11) is 3.49. The van der Waals surface area contributed by atoms with Crippen molar-refractivity contribution < 1.29 is 9.47 Å². The van der Waals surface area contributed by atoms with Gasteiger partial charge in [0.15, 0.2) is 0 Å². The zero-order chi connectivity index (χ0) is 13.8. The van der Waals surface area contributed by atoms with E-state index in [0.29, 0.717) is 12.0 Å². The van der Waals surface area contributed by atoms with Gasteiger partial charge in [-0.1, -0.05) is 13.8 Å². The average molecular weight is 263 g/mol. The van der Waals surface area contributed by atoms with Gasteiger partial charge in [0, 0.05) is 17.2 Å². The van der Waals surface area contributed by atoms with Gasteiger partial charge in [0.1, 0.15) is 11.5 Å². The SMILES string of the molecule is CCCNC1Cc2c(OC)ccc(OC)c2CC1C. The maximum atomic E-state index is 5.52. The van der Waals surface area contributed by atoms with Crippen LogP contribution in [0.4, 0.5) is 0 Å². The number of ether oxygens (including phenoxy) is 2. The van der Waals surface area contributed by atoms with Gasteiger partial charge in [-0.2, -0.15) is 0 Å². The molecule has 0 aliphatic heterocycles. The van der Waals surface area contributed by atoms with Crippen LogP contribution in [0.2, 0.25) is 0 Å². The van der Waals surface area contributed by atoms with Crippen molar-refractivity contribution in [3.63, 3.8) is 0 Å². The van der Waals surface area contributed by atoms with Crippen molar-refractivity contribution in [1.29, 1.82) is 0 Å². The van der Waals surface area contributed by atoms with Crippen LogP contribution in [0.15, 0.2) is 12.1 Å². The average Bonchev–Trinajstić information content (AvgIpc) is 2.44. The van der Waals surface area contributed by atoms with Crippen LogP contribution in [-0.4, -0.2) is 26.8 Å². The van der Waals surface area contributed by atoms with Crippen LogP contribution >= 0.6 is 0 Å². The fraction of sp³-hybridized carbons (Fsp3) is 0.625. The molecule has 0 amide bonds. The molecule has 3 heteroatoms. The molecule has 2 unspecified atom stereocenters. The van der Waals surface area contributed by atoms with Crippen molar-refractivity contribution in [2.24, 2.45) is 5.92 Å². The molecule has 0 spiro atoms. The number of methoxy groups -OCH3 is 2. The quantitative estimate of drug-likeness (QED) is 0.886. The summed E-state index contributed by atoms with van der Waals surface area (Å²) in [4.78, 5) is 0. The molecule has 1 aromatic rings. The van der Waals surface area contributed by atoms with E-state index >= 15 is 0 Å². The first-order chi connectivity index (χ1) is 9.21. The number of benzene rings is 1. The second kappa shape index (κ2) is 6.29. The molecular formula is C16H25NO2. The van der Waals surface area contributed by atoms with E-state index in [2.05, 4.69) is 19.2 Å². The second-order valence-corrected chi connectivity index (χ2v) is 5.37. The highest BCUT2D eigenvalue weighted by molar-refractivity contribution is 5.50. The van der Waals surface area contributed by atoms with Crippen LogP contribution in [0, 0.1) is 5.92 Å². The molecule has 1 aliphatic rings.